The molecule has 1 aliphatic rings. The number of benzene rings is 1. The van der Waals surface area contributed by atoms with Gasteiger partial charge in [0.2, 0.25) is 0 Å². The summed E-state index contributed by atoms with van der Waals surface area (Å²) >= 11 is 6.77. The molecular weight excluding hydrogens is 394 g/mol. The molecule has 1 atom stereocenters. The second-order valence-corrected chi connectivity index (χ2v) is 7.55. The molecule has 3 rings (SSSR count). The zero-order valence-corrected chi connectivity index (χ0v) is 17.4. The molecule has 0 saturated heterocycles. The van der Waals surface area contributed by atoms with Crippen LogP contribution in [0.25, 0.3) is 0 Å². The molecule has 0 spiro atoms. The van der Waals surface area contributed by atoms with Gasteiger partial charge in [-0.1, -0.05) is 18.2 Å². The number of allylic oxidation sites excluding steroid dienone is 1. The topological polar surface area (TPSA) is 70.7 Å². The summed E-state index contributed by atoms with van der Waals surface area (Å²) in [4.78, 5) is 27.1. The van der Waals surface area contributed by atoms with Crippen molar-refractivity contribution < 1.29 is 14.3 Å². The van der Waals surface area contributed by atoms with E-state index in [1.54, 1.807) is 17.9 Å². The van der Waals surface area contributed by atoms with E-state index in [4.69, 9.17) is 17.0 Å². The maximum absolute atomic E-state index is 12.5. The predicted octanol–water partition coefficient (Wildman–Crippen LogP) is 3.70. The van der Waals surface area contributed by atoms with Crippen LogP contribution in [0.5, 0.6) is 0 Å². The highest BCUT2D eigenvalue weighted by molar-refractivity contribution is 7.80. The number of thiocarbonyl (C=S) groups is 1. The van der Waals surface area contributed by atoms with E-state index in [1.165, 1.54) is 11.3 Å². The number of esters is 1. The third-order valence-electron chi connectivity index (χ3n) is 4.50. The first kappa shape index (κ1) is 20.0. The molecule has 0 radical (unpaired) electrons. The van der Waals surface area contributed by atoms with E-state index in [1.807, 2.05) is 49.7 Å². The summed E-state index contributed by atoms with van der Waals surface area (Å²) in [5, 5.41) is 8.46. The number of carbonyl (C=O) groups is 2. The van der Waals surface area contributed by atoms with Gasteiger partial charge in [-0.05, 0) is 55.2 Å². The zero-order chi connectivity index (χ0) is 20.3. The van der Waals surface area contributed by atoms with Crippen molar-refractivity contribution in [2.75, 3.05) is 19.0 Å². The number of amides is 1. The van der Waals surface area contributed by atoms with Gasteiger partial charge in [-0.2, -0.15) is 0 Å². The fourth-order valence-corrected chi connectivity index (χ4v) is 3.79. The molecule has 0 aliphatic carbocycles. The van der Waals surface area contributed by atoms with Crippen LogP contribution < -0.4 is 10.6 Å². The molecule has 1 aliphatic heterocycles. The van der Waals surface area contributed by atoms with Crippen LogP contribution in [0.15, 0.2) is 53.0 Å². The van der Waals surface area contributed by atoms with Crippen LogP contribution in [0.3, 0.4) is 0 Å². The number of hydrogen-bond acceptors (Lipinski definition) is 5. The van der Waals surface area contributed by atoms with Crippen LogP contribution in [0, 0.1) is 0 Å². The molecule has 1 unspecified atom stereocenters. The Bertz CT molecular complexity index is 921. The van der Waals surface area contributed by atoms with Crippen molar-refractivity contribution in [3.63, 3.8) is 0 Å². The molecule has 8 heteroatoms. The molecule has 2 aromatic rings. The lowest BCUT2D eigenvalue weighted by atomic mass is 9.95. The van der Waals surface area contributed by atoms with E-state index < -0.39 is 6.04 Å². The maximum atomic E-state index is 12.5. The van der Waals surface area contributed by atoms with Crippen molar-refractivity contribution >= 4 is 46.2 Å². The summed E-state index contributed by atoms with van der Waals surface area (Å²) in [5.41, 5.74) is 2.80. The Kier molecular flexibility index (Phi) is 6.11. The number of carbonyl (C=O) groups excluding carboxylic acids is 2. The van der Waals surface area contributed by atoms with E-state index in [-0.39, 0.29) is 11.9 Å². The lowest BCUT2D eigenvalue weighted by Crippen LogP contribution is -2.46. The van der Waals surface area contributed by atoms with Crippen molar-refractivity contribution in [1.29, 1.82) is 0 Å². The van der Waals surface area contributed by atoms with Crippen LogP contribution in [0.4, 0.5) is 5.69 Å². The number of nitrogens with zero attached hydrogens (tertiary/aromatic N) is 1. The molecule has 2 heterocycles. The molecule has 28 heavy (non-hydrogen) atoms. The van der Waals surface area contributed by atoms with Crippen molar-refractivity contribution in [1.82, 2.24) is 10.2 Å². The highest BCUT2D eigenvalue weighted by Crippen LogP contribution is 2.31. The fourth-order valence-electron chi connectivity index (χ4n) is 2.92. The Morgan fingerprint density at radius 3 is 2.61 bits per heavy atom. The normalized spacial score (nSPS) is 16.6. The standard InChI is InChI=1S/C20H21N3O3S2/c1-4-26-19(25)16-12(2)23(3)20(27)22-17(16)13-7-9-14(10-8-13)21-18(24)15-6-5-11-28-15/h5-11,17H,4H2,1-3H3,(H,21,24)(H,22,27). The minimum Gasteiger partial charge on any atom is -0.463 e. The van der Waals surface area contributed by atoms with Crippen LogP contribution in [-0.4, -0.2) is 35.5 Å². The monoisotopic (exact) mass is 415 g/mol. The average Bonchev–Trinajstić information content (AvgIpc) is 3.21. The molecule has 1 amide bonds. The van der Waals surface area contributed by atoms with E-state index in [9.17, 15) is 9.59 Å². The van der Waals surface area contributed by atoms with Crippen molar-refractivity contribution in [2.24, 2.45) is 0 Å². The predicted molar refractivity (Wildman–Crippen MR) is 114 cm³/mol. The molecular formula is C20H21N3O3S2. The second-order valence-electron chi connectivity index (χ2n) is 6.21. The molecule has 0 saturated carbocycles. The van der Waals surface area contributed by atoms with Gasteiger partial charge in [0.25, 0.3) is 5.91 Å². The SMILES string of the molecule is CCOC(=O)C1=C(C)N(C)C(=S)NC1c1ccc(NC(=O)c2cccs2)cc1. The third kappa shape index (κ3) is 4.07. The summed E-state index contributed by atoms with van der Waals surface area (Å²) < 4.78 is 5.24. The highest BCUT2D eigenvalue weighted by atomic mass is 32.1. The quantitative estimate of drug-likeness (QED) is 0.573. The van der Waals surface area contributed by atoms with E-state index in [2.05, 4.69) is 10.6 Å². The number of thiophene rings is 1. The van der Waals surface area contributed by atoms with Gasteiger partial charge in [0.05, 0.1) is 23.1 Å². The first-order chi connectivity index (χ1) is 13.4. The Morgan fingerprint density at radius 2 is 2.00 bits per heavy atom. The van der Waals surface area contributed by atoms with E-state index in [0.29, 0.717) is 27.9 Å². The minimum atomic E-state index is -0.412. The lowest BCUT2D eigenvalue weighted by molar-refractivity contribution is -0.139. The summed E-state index contributed by atoms with van der Waals surface area (Å²) in [5.74, 6) is -0.522. The van der Waals surface area contributed by atoms with Gasteiger partial charge in [-0.25, -0.2) is 4.79 Å². The first-order valence-electron chi connectivity index (χ1n) is 8.79. The smallest absolute Gasteiger partial charge is 0.338 e. The Hall–Kier alpha value is -2.71. The van der Waals surface area contributed by atoms with Gasteiger partial charge < -0.3 is 20.3 Å². The lowest BCUT2D eigenvalue weighted by Gasteiger charge is -2.35. The van der Waals surface area contributed by atoms with Crippen LogP contribution in [-0.2, 0) is 9.53 Å². The molecule has 0 fully saturated rings. The number of ether oxygens (including phenoxy) is 1. The minimum absolute atomic E-state index is 0.149. The van der Waals surface area contributed by atoms with Crippen LogP contribution in [0.1, 0.15) is 35.1 Å². The number of hydrogen-bond donors (Lipinski definition) is 2. The van der Waals surface area contributed by atoms with Gasteiger partial charge in [-0.3, -0.25) is 4.79 Å². The zero-order valence-electron chi connectivity index (χ0n) is 15.8. The third-order valence-corrected chi connectivity index (χ3v) is 5.76. The first-order valence-corrected chi connectivity index (χ1v) is 10.1. The highest BCUT2D eigenvalue weighted by Gasteiger charge is 2.33. The van der Waals surface area contributed by atoms with Crippen LogP contribution in [0.2, 0.25) is 0 Å². The van der Waals surface area contributed by atoms with Crippen molar-refractivity contribution in [3.8, 4) is 0 Å². The fraction of sp³-hybridized carbons (Fsp3) is 0.250. The molecule has 6 nitrogen and oxygen atoms in total. The number of rotatable bonds is 5. The largest absolute Gasteiger partial charge is 0.463 e. The Labute approximate surface area is 173 Å². The van der Waals surface area contributed by atoms with Gasteiger partial charge >= 0.3 is 5.97 Å². The average molecular weight is 416 g/mol. The summed E-state index contributed by atoms with van der Waals surface area (Å²) in [7, 11) is 1.81. The van der Waals surface area contributed by atoms with E-state index in [0.717, 1.165) is 11.3 Å². The summed E-state index contributed by atoms with van der Waals surface area (Å²) in [6.07, 6.45) is 0. The second kappa shape index (κ2) is 8.53. The van der Waals surface area contributed by atoms with Gasteiger partial charge in [0.1, 0.15) is 0 Å². The number of anilines is 1. The van der Waals surface area contributed by atoms with E-state index >= 15 is 0 Å². The summed E-state index contributed by atoms with van der Waals surface area (Å²) in [6, 6.07) is 10.5. The summed E-state index contributed by atoms with van der Waals surface area (Å²) in [6.45, 7) is 3.92. The molecule has 1 aromatic carbocycles. The maximum Gasteiger partial charge on any atom is 0.338 e. The van der Waals surface area contributed by atoms with Gasteiger partial charge in [0.15, 0.2) is 5.11 Å². The molecule has 0 bridgehead atoms. The Morgan fingerprint density at radius 1 is 1.29 bits per heavy atom. The molecule has 2 N–H and O–H groups in total. The van der Waals surface area contributed by atoms with Crippen LogP contribution >= 0.6 is 23.6 Å². The molecule has 146 valence electrons. The van der Waals surface area contributed by atoms with Gasteiger partial charge in [0, 0.05) is 18.4 Å². The number of nitrogens with one attached hydrogen (secondary N) is 2. The van der Waals surface area contributed by atoms with Crippen molar-refractivity contribution in [3.05, 3.63) is 63.5 Å². The van der Waals surface area contributed by atoms with Crippen molar-refractivity contribution in [2.45, 2.75) is 19.9 Å². The Balaban J connectivity index is 1.85. The van der Waals surface area contributed by atoms with Gasteiger partial charge in [-0.15, -0.1) is 11.3 Å². The molecule has 1 aromatic heterocycles.